The molecule has 0 saturated heterocycles. The number of rotatable bonds is 1. The number of pyridine rings is 1. The van der Waals surface area contributed by atoms with Crippen LogP contribution in [0.4, 0.5) is 18.9 Å². The molecule has 0 fully saturated rings. The minimum absolute atomic E-state index is 0.0130. The first-order valence-corrected chi connectivity index (χ1v) is 5.98. The number of fused-ring (bicyclic) bond motifs is 1. The van der Waals surface area contributed by atoms with Crippen LogP contribution >= 0.6 is 0 Å². The summed E-state index contributed by atoms with van der Waals surface area (Å²) < 4.78 is 38.5. The third-order valence-corrected chi connectivity index (χ3v) is 3.24. The van der Waals surface area contributed by atoms with E-state index in [1.54, 1.807) is 12.1 Å². The molecule has 2 nitrogen and oxygen atoms in total. The number of nitrogens with two attached hydrogens (primary N) is 1. The Kier molecular flexibility index (Phi) is 3.16. The van der Waals surface area contributed by atoms with E-state index < -0.39 is 11.9 Å². The number of nitrogens with zero attached hydrogens (tertiary/aromatic N) is 1. The van der Waals surface area contributed by atoms with E-state index in [4.69, 9.17) is 5.73 Å². The minimum Gasteiger partial charge on any atom is -0.398 e. The van der Waals surface area contributed by atoms with Gasteiger partial charge in [0.15, 0.2) is 0 Å². The van der Waals surface area contributed by atoms with E-state index in [0.717, 1.165) is 5.56 Å². The van der Waals surface area contributed by atoms with Gasteiger partial charge in [0, 0.05) is 16.6 Å². The van der Waals surface area contributed by atoms with Gasteiger partial charge in [0.2, 0.25) is 0 Å². The molecule has 0 radical (unpaired) electrons. The van der Waals surface area contributed by atoms with Crippen LogP contribution in [0.2, 0.25) is 0 Å². The number of hydrogen-bond acceptors (Lipinski definition) is 2. The fourth-order valence-corrected chi connectivity index (χ4v) is 2.04. The highest BCUT2D eigenvalue weighted by Crippen LogP contribution is 2.36. The van der Waals surface area contributed by atoms with Crippen LogP contribution in [0.5, 0.6) is 0 Å². The van der Waals surface area contributed by atoms with Crippen molar-refractivity contribution in [2.75, 3.05) is 5.73 Å². The van der Waals surface area contributed by atoms with Crippen molar-refractivity contribution in [1.82, 2.24) is 4.98 Å². The molecule has 0 aliphatic heterocycles. The maximum Gasteiger partial charge on any atom is 0.433 e. The highest BCUT2D eigenvalue weighted by Gasteiger charge is 2.35. The normalized spacial score (nSPS) is 12.4. The van der Waals surface area contributed by atoms with Gasteiger partial charge in [-0.05, 0) is 30.5 Å². The standard InChI is InChI=1S/C14H15F3N2/c1-7(2)9-4-5-11-10(6-9)12(18)8(3)13(19-11)14(15,16)17/h4-7H,1-3H3,(H2,18,19). The van der Waals surface area contributed by atoms with Crippen molar-refractivity contribution < 1.29 is 13.2 Å². The third-order valence-electron chi connectivity index (χ3n) is 3.24. The highest BCUT2D eigenvalue weighted by atomic mass is 19.4. The average Bonchev–Trinajstić information content (AvgIpc) is 2.31. The summed E-state index contributed by atoms with van der Waals surface area (Å²) in [5, 5.41) is 0.580. The molecule has 0 saturated carbocycles. The summed E-state index contributed by atoms with van der Waals surface area (Å²) >= 11 is 0. The molecule has 5 heteroatoms. The molecule has 19 heavy (non-hydrogen) atoms. The van der Waals surface area contributed by atoms with Crippen LogP contribution in [0.1, 0.15) is 36.6 Å². The van der Waals surface area contributed by atoms with Crippen molar-refractivity contribution in [3.8, 4) is 0 Å². The molecule has 0 bridgehead atoms. The van der Waals surface area contributed by atoms with Crippen molar-refractivity contribution in [2.45, 2.75) is 32.9 Å². The van der Waals surface area contributed by atoms with E-state index in [0.29, 0.717) is 5.39 Å². The van der Waals surface area contributed by atoms with Crippen molar-refractivity contribution in [2.24, 2.45) is 0 Å². The number of aromatic nitrogens is 1. The summed E-state index contributed by atoms with van der Waals surface area (Å²) in [5.41, 5.74) is 6.38. The smallest absolute Gasteiger partial charge is 0.398 e. The summed E-state index contributed by atoms with van der Waals surface area (Å²) in [6.45, 7) is 5.39. The Morgan fingerprint density at radius 3 is 2.37 bits per heavy atom. The van der Waals surface area contributed by atoms with Crippen LogP contribution in [0.15, 0.2) is 18.2 Å². The molecule has 0 atom stereocenters. The number of benzene rings is 1. The Balaban J connectivity index is 2.77. The van der Waals surface area contributed by atoms with Crippen molar-refractivity contribution in [3.63, 3.8) is 0 Å². The minimum atomic E-state index is -4.48. The maximum absolute atomic E-state index is 12.8. The molecule has 0 spiro atoms. The number of nitrogen functional groups attached to an aromatic ring is 1. The summed E-state index contributed by atoms with van der Waals surface area (Å²) in [7, 11) is 0. The zero-order valence-corrected chi connectivity index (χ0v) is 11.0. The van der Waals surface area contributed by atoms with Gasteiger partial charge in [0.1, 0.15) is 5.69 Å². The SMILES string of the molecule is Cc1c(C(F)(F)F)nc2ccc(C(C)C)cc2c1N. The molecule has 1 heterocycles. The van der Waals surface area contributed by atoms with E-state index >= 15 is 0 Å². The Labute approximate surface area is 109 Å². The Hall–Kier alpha value is -1.78. The van der Waals surface area contributed by atoms with E-state index in [2.05, 4.69) is 4.98 Å². The van der Waals surface area contributed by atoms with Gasteiger partial charge in [-0.3, -0.25) is 0 Å². The first kappa shape index (κ1) is 13.6. The fraction of sp³-hybridized carbons (Fsp3) is 0.357. The quantitative estimate of drug-likeness (QED) is 0.839. The molecule has 2 rings (SSSR count). The van der Waals surface area contributed by atoms with E-state index in [9.17, 15) is 13.2 Å². The lowest BCUT2D eigenvalue weighted by atomic mass is 9.99. The lowest BCUT2D eigenvalue weighted by Gasteiger charge is -2.15. The second kappa shape index (κ2) is 4.40. The van der Waals surface area contributed by atoms with E-state index in [1.807, 2.05) is 19.9 Å². The van der Waals surface area contributed by atoms with Gasteiger partial charge in [-0.25, -0.2) is 4.98 Å². The lowest BCUT2D eigenvalue weighted by molar-refractivity contribution is -0.141. The molecule has 0 aliphatic carbocycles. The Morgan fingerprint density at radius 2 is 1.84 bits per heavy atom. The number of hydrogen-bond donors (Lipinski definition) is 1. The monoisotopic (exact) mass is 268 g/mol. The fourth-order valence-electron chi connectivity index (χ4n) is 2.04. The lowest BCUT2D eigenvalue weighted by Crippen LogP contribution is -2.12. The second-order valence-electron chi connectivity index (χ2n) is 4.93. The van der Waals surface area contributed by atoms with Crippen LogP contribution in [-0.4, -0.2) is 4.98 Å². The number of halogens is 3. The molecule has 102 valence electrons. The zero-order valence-electron chi connectivity index (χ0n) is 11.0. The van der Waals surface area contributed by atoms with Crippen LogP contribution in [0, 0.1) is 6.92 Å². The summed E-state index contributed by atoms with van der Waals surface area (Å²) in [5.74, 6) is 0.284. The topological polar surface area (TPSA) is 38.9 Å². The van der Waals surface area contributed by atoms with Gasteiger partial charge in [-0.15, -0.1) is 0 Å². The predicted molar refractivity (Wildman–Crippen MR) is 70.0 cm³/mol. The molecule has 2 aromatic rings. The molecular weight excluding hydrogens is 253 g/mol. The Morgan fingerprint density at radius 1 is 1.21 bits per heavy atom. The molecule has 1 aromatic carbocycles. The van der Waals surface area contributed by atoms with Crippen molar-refractivity contribution >= 4 is 16.6 Å². The second-order valence-corrected chi connectivity index (χ2v) is 4.93. The van der Waals surface area contributed by atoms with Gasteiger partial charge in [-0.1, -0.05) is 19.9 Å². The maximum atomic E-state index is 12.8. The Bertz CT molecular complexity index is 631. The third kappa shape index (κ3) is 2.37. The number of alkyl halides is 3. The molecule has 0 unspecified atom stereocenters. The summed E-state index contributed by atoms with van der Waals surface area (Å²) in [6.07, 6.45) is -4.48. The van der Waals surface area contributed by atoms with Crippen LogP contribution in [0.3, 0.4) is 0 Å². The summed E-state index contributed by atoms with van der Waals surface area (Å²) in [6, 6.07) is 5.19. The van der Waals surface area contributed by atoms with Crippen LogP contribution < -0.4 is 5.73 Å². The summed E-state index contributed by atoms with van der Waals surface area (Å²) in [4.78, 5) is 3.70. The molecule has 0 amide bonds. The van der Waals surface area contributed by atoms with Gasteiger partial charge in [0.05, 0.1) is 5.52 Å². The molecule has 0 aliphatic rings. The van der Waals surface area contributed by atoms with Gasteiger partial charge in [0.25, 0.3) is 0 Å². The van der Waals surface area contributed by atoms with Gasteiger partial charge >= 0.3 is 6.18 Å². The van der Waals surface area contributed by atoms with Crippen molar-refractivity contribution in [1.29, 1.82) is 0 Å². The highest BCUT2D eigenvalue weighted by molar-refractivity contribution is 5.92. The zero-order chi connectivity index (χ0) is 14.4. The molecular formula is C14H15F3N2. The average molecular weight is 268 g/mol. The first-order valence-electron chi connectivity index (χ1n) is 5.98. The van der Waals surface area contributed by atoms with E-state index in [1.165, 1.54) is 6.92 Å². The van der Waals surface area contributed by atoms with Crippen molar-refractivity contribution in [3.05, 3.63) is 35.0 Å². The van der Waals surface area contributed by atoms with E-state index in [-0.39, 0.29) is 22.7 Å². The van der Waals surface area contributed by atoms with Gasteiger partial charge < -0.3 is 5.73 Å². The predicted octanol–water partition coefficient (Wildman–Crippen LogP) is 4.27. The van der Waals surface area contributed by atoms with Gasteiger partial charge in [-0.2, -0.15) is 13.2 Å². The number of anilines is 1. The molecule has 2 N–H and O–H groups in total. The first-order chi connectivity index (χ1) is 8.71. The largest absolute Gasteiger partial charge is 0.433 e. The molecule has 1 aromatic heterocycles. The van der Waals surface area contributed by atoms with Crippen LogP contribution in [0.25, 0.3) is 10.9 Å². The van der Waals surface area contributed by atoms with Crippen LogP contribution in [-0.2, 0) is 6.18 Å².